The minimum absolute atomic E-state index is 0.180. The molecule has 8 heteroatoms. The lowest BCUT2D eigenvalue weighted by atomic mass is 9.94. The highest BCUT2D eigenvalue weighted by atomic mass is 32.1. The highest BCUT2D eigenvalue weighted by Gasteiger charge is 2.19. The van der Waals surface area contributed by atoms with Crippen molar-refractivity contribution in [2.45, 2.75) is 57.7 Å². The molecular weight excluding hydrogens is 410 g/mol. The lowest BCUT2D eigenvalue weighted by molar-refractivity contribution is -0.118. The molecule has 0 spiro atoms. The average molecular weight is 440 g/mol. The number of primary amides is 1. The second kappa shape index (κ2) is 9.62. The predicted octanol–water partition coefficient (Wildman–Crippen LogP) is 3.99. The summed E-state index contributed by atoms with van der Waals surface area (Å²) >= 11 is 1.38. The van der Waals surface area contributed by atoms with E-state index >= 15 is 0 Å². The molecule has 7 nitrogen and oxygen atoms in total. The van der Waals surface area contributed by atoms with E-state index in [0.29, 0.717) is 23.4 Å². The number of aromatic nitrogens is 2. The van der Waals surface area contributed by atoms with Gasteiger partial charge in [-0.2, -0.15) is 0 Å². The Morgan fingerprint density at radius 2 is 2.06 bits per heavy atom. The van der Waals surface area contributed by atoms with E-state index in [1.54, 1.807) is 6.07 Å². The van der Waals surface area contributed by atoms with Crippen molar-refractivity contribution in [2.75, 3.05) is 12.4 Å². The minimum Gasteiger partial charge on any atom is -0.370 e. The second-order valence-electron chi connectivity index (χ2n) is 8.26. The van der Waals surface area contributed by atoms with E-state index in [0.717, 1.165) is 17.6 Å². The minimum atomic E-state index is -0.386. The van der Waals surface area contributed by atoms with Crippen LogP contribution in [0.4, 0.5) is 5.95 Å². The van der Waals surface area contributed by atoms with Crippen LogP contribution in [0, 0.1) is 0 Å². The number of thiophene rings is 1. The fourth-order valence-corrected chi connectivity index (χ4v) is 4.95. The molecule has 3 N–H and O–H groups in total. The van der Waals surface area contributed by atoms with Gasteiger partial charge in [-0.15, -0.1) is 11.3 Å². The lowest BCUT2D eigenvalue weighted by Crippen LogP contribution is -2.32. The van der Waals surface area contributed by atoms with Crippen LogP contribution in [0.5, 0.6) is 0 Å². The van der Waals surface area contributed by atoms with Crippen molar-refractivity contribution >= 4 is 40.1 Å². The van der Waals surface area contributed by atoms with Crippen molar-refractivity contribution in [3.63, 3.8) is 0 Å². The number of imidazole rings is 1. The van der Waals surface area contributed by atoms with E-state index in [2.05, 4.69) is 34.4 Å². The van der Waals surface area contributed by atoms with Crippen LogP contribution in [-0.2, 0) is 17.9 Å². The molecule has 4 rings (SSSR count). The first kappa shape index (κ1) is 21.5. The number of benzene rings is 1. The highest BCUT2D eigenvalue weighted by molar-refractivity contribution is 7.12. The van der Waals surface area contributed by atoms with Gasteiger partial charge in [-0.3, -0.25) is 19.8 Å². The van der Waals surface area contributed by atoms with Crippen molar-refractivity contribution in [3.05, 3.63) is 46.2 Å². The molecule has 0 unspecified atom stereocenters. The van der Waals surface area contributed by atoms with Crippen LogP contribution in [-0.4, -0.2) is 39.4 Å². The summed E-state index contributed by atoms with van der Waals surface area (Å²) in [7, 11) is 2.19. The third-order valence-corrected chi connectivity index (χ3v) is 6.86. The monoisotopic (exact) mass is 439 g/mol. The third-order valence-electron chi connectivity index (χ3n) is 5.99. The van der Waals surface area contributed by atoms with Crippen LogP contribution < -0.4 is 11.1 Å². The van der Waals surface area contributed by atoms with Gasteiger partial charge in [0.05, 0.1) is 15.9 Å². The van der Waals surface area contributed by atoms with Gasteiger partial charge >= 0.3 is 0 Å². The Bertz CT molecular complexity index is 1050. The molecule has 0 radical (unpaired) electrons. The molecule has 1 saturated carbocycles. The van der Waals surface area contributed by atoms with Gasteiger partial charge in [0, 0.05) is 25.6 Å². The number of nitrogens with zero attached hydrogens (tertiary/aromatic N) is 3. The Hall–Kier alpha value is -2.71. The van der Waals surface area contributed by atoms with Crippen LogP contribution in [0.25, 0.3) is 11.0 Å². The Balaban J connectivity index is 1.58. The molecule has 1 aliphatic rings. The molecule has 1 aromatic carbocycles. The average Bonchev–Trinajstić information content (AvgIpc) is 3.41. The Morgan fingerprint density at radius 3 is 2.77 bits per heavy atom. The smallest absolute Gasteiger partial charge is 0.268 e. The predicted molar refractivity (Wildman–Crippen MR) is 124 cm³/mol. The first-order valence-corrected chi connectivity index (χ1v) is 11.7. The van der Waals surface area contributed by atoms with Crippen molar-refractivity contribution in [1.82, 2.24) is 14.5 Å². The molecule has 2 amide bonds. The zero-order chi connectivity index (χ0) is 21.8. The van der Waals surface area contributed by atoms with Gasteiger partial charge < -0.3 is 10.3 Å². The Morgan fingerprint density at radius 1 is 1.26 bits per heavy atom. The number of amides is 2. The molecule has 1 fully saturated rings. The SMILES string of the molecule is CN(Cc1ccc2c(c1)nc(NC(=O)c1cccs1)n2CCC(N)=O)C1CCCCC1. The molecule has 0 saturated heterocycles. The zero-order valence-electron chi connectivity index (χ0n) is 17.8. The summed E-state index contributed by atoms with van der Waals surface area (Å²) < 4.78 is 1.86. The standard InChI is InChI=1S/C23H29N5O2S/c1-27(17-6-3-2-4-7-17)15-16-9-10-19-18(14-16)25-23(28(19)12-11-21(24)29)26-22(30)20-8-5-13-31-20/h5,8-10,13-14,17H,2-4,6-7,11-12,15H2,1H3,(H2,24,29)(H,25,26,30). The number of anilines is 1. The van der Waals surface area contributed by atoms with Crippen molar-refractivity contribution in [1.29, 1.82) is 0 Å². The van der Waals surface area contributed by atoms with E-state index in [-0.39, 0.29) is 18.2 Å². The van der Waals surface area contributed by atoms with Crippen molar-refractivity contribution < 1.29 is 9.59 Å². The normalized spacial score (nSPS) is 14.9. The van der Waals surface area contributed by atoms with Gasteiger partial charge in [-0.1, -0.05) is 31.4 Å². The Kier molecular flexibility index (Phi) is 6.67. The summed E-state index contributed by atoms with van der Waals surface area (Å²) in [6, 6.07) is 10.5. The molecular formula is C23H29N5O2S. The number of rotatable bonds is 8. The topological polar surface area (TPSA) is 93.2 Å². The summed E-state index contributed by atoms with van der Waals surface area (Å²) in [6.07, 6.45) is 6.68. The van der Waals surface area contributed by atoms with Crippen molar-refractivity contribution in [3.8, 4) is 0 Å². The number of carbonyl (C=O) groups is 2. The maximum absolute atomic E-state index is 12.6. The number of fused-ring (bicyclic) bond motifs is 1. The molecule has 0 bridgehead atoms. The van der Waals surface area contributed by atoms with Gasteiger partial charge in [0.1, 0.15) is 0 Å². The maximum atomic E-state index is 12.6. The van der Waals surface area contributed by atoms with Gasteiger partial charge in [-0.25, -0.2) is 4.98 Å². The molecule has 3 aromatic rings. The fraction of sp³-hybridized carbons (Fsp3) is 0.435. The van der Waals surface area contributed by atoms with Crippen LogP contribution in [0.15, 0.2) is 35.7 Å². The summed E-state index contributed by atoms with van der Waals surface area (Å²) in [5, 5.41) is 4.76. The first-order valence-electron chi connectivity index (χ1n) is 10.8. The molecule has 2 heterocycles. The quantitative estimate of drug-likeness (QED) is 0.555. The van der Waals surface area contributed by atoms with Crippen LogP contribution in [0.2, 0.25) is 0 Å². The number of aryl methyl sites for hydroxylation is 1. The zero-order valence-corrected chi connectivity index (χ0v) is 18.7. The fourth-order valence-electron chi connectivity index (χ4n) is 4.33. The number of hydrogen-bond donors (Lipinski definition) is 2. The first-order chi connectivity index (χ1) is 15.0. The molecule has 0 aliphatic heterocycles. The number of carbonyl (C=O) groups excluding carboxylic acids is 2. The molecule has 1 aliphatic carbocycles. The maximum Gasteiger partial charge on any atom is 0.268 e. The largest absolute Gasteiger partial charge is 0.370 e. The molecule has 164 valence electrons. The number of nitrogens with one attached hydrogen (secondary N) is 1. The van der Waals surface area contributed by atoms with Gasteiger partial charge in [-0.05, 0) is 49.0 Å². The lowest BCUT2D eigenvalue weighted by Gasteiger charge is -2.31. The van der Waals surface area contributed by atoms with Crippen LogP contribution >= 0.6 is 11.3 Å². The highest BCUT2D eigenvalue weighted by Crippen LogP contribution is 2.26. The summed E-state index contributed by atoms with van der Waals surface area (Å²) in [6.45, 7) is 1.23. The van der Waals surface area contributed by atoms with E-state index in [1.165, 1.54) is 49.0 Å². The number of nitrogens with two attached hydrogens (primary N) is 1. The van der Waals surface area contributed by atoms with Crippen LogP contribution in [0.3, 0.4) is 0 Å². The van der Waals surface area contributed by atoms with Gasteiger partial charge in [0.2, 0.25) is 11.9 Å². The summed E-state index contributed by atoms with van der Waals surface area (Å²) in [5.74, 6) is -0.154. The van der Waals surface area contributed by atoms with E-state index in [9.17, 15) is 9.59 Å². The second-order valence-corrected chi connectivity index (χ2v) is 9.21. The summed E-state index contributed by atoms with van der Waals surface area (Å²) in [5.41, 5.74) is 8.25. The molecule has 31 heavy (non-hydrogen) atoms. The molecule has 0 atom stereocenters. The van der Waals surface area contributed by atoms with Gasteiger partial charge in [0.15, 0.2) is 0 Å². The van der Waals surface area contributed by atoms with Crippen molar-refractivity contribution in [2.24, 2.45) is 5.73 Å². The van der Waals surface area contributed by atoms with E-state index in [4.69, 9.17) is 5.73 Å². The number of hydrogen-bond acceptors (Lipinski definition) is 5. The molecule has 2 aromatic heterocycles. The third kappa shape index (κ3) is 5.14. The summed E-state index contributed by atoms with van der Waals surface area (Å²) in [4.78, 5) is 31.7. The Labute approximate surface area is 186 Å². The van der Waals surface area contributed by atoms with Crippen LogP contribution in [0.1, 0.15) is 53.8 Å². The van der Waals surface area contributed by atoms with E-state index in [1.807, 2.05) is 22.1 Å². The van der Waals surface area contributed by atoms with Gasteiger partial charge in [0.25, 0.3) is 5.91 Å². The van der Waals surface area contributed by atoms with E-state index < -0.39 is 0 Å².